The molecule has 34 heavy (non-hydrogen) atoms. The molecule has 0 aromatic rings. The quantitative estimate of drug-likeness (QED) is 0.174. The number of ketones is 1. The first-order chi connectivity index (χ1) is 16.4. The smallest absolute Gasteiger partial charge is 0.187 e. The number of rotatable bonds is 12. The lowest BCUT2D eigenvalue weighted by Crippen LogP contribution is -2.60. The van der Waals surface area contributed by atoms with Gasteiger partial charge in [0.25, 0.3) is 0 Å². The largest absolute Gasteiger partial charge is 0.395 e. The van der Waals surface area contributed by atoms with Gasteiger partial charge >= 0.3 is 0 Å². The Morgan fingerprint density at radius 3 is 2.35 bits per heavy atom. The van der Waals surface area contributed by atoms with Gasteiger partial charge in [0.15, 0.2) is 12.1 Å². The molecule has 9 atom stereocenters. The maximum Gasteiger partial charge on any atom is 0.187 e. The third kappa shape index (κ3) is 6.83. The summed E-state index contributed by atoms with van der Waals surface area (Å²) in [5.41, 5.74) is 0.985. The van der Waals surface area contributed by atoms with E-state index in [1.807, 2.05) is 0 Å². The van der Waals surface area contributed by atoms with Gasteiger partial charge in [0.05, 0.1) is 25.4 Å². The number of unbranched alkanes of at least 4 members (excludes halogenated alkanes) is 4. The van der Waals surface area contributed by atoms with Gasteiger partial charge in [-0.3, -0.25) is 4.79 Å². The number of ether oxygens (including phenoxy) is 2. The van der Waals surface area contributed by atoms with Crippen molar-refractivity contribution in [3.05, 3.63) is 11.6 Å². The topological polar surface area (TPSA) is 169 Å². The zero-order chi connectivity index (χ0) is 24.7. The van der Waals surface area contributed by atoms with Crippen LogP contribution in [-0.4, -0.2) is 105 Å². The average molecular weight is 488 g/mol. The molecule has 10 heteroatoms. The van der Waals surface area contributed by atoms with Crippen LogP contribution >= 0.6 is 0 Å². The molecular weight excluding hydrogens is 446 g/mol. The minimum absolute atomic E-state index is 0.291. The summed E-state index contributed by atoms with van der Waals surface area (Å²) < 4.78 is 11.3. The van der Waals surface area contributed by atoms with E-state index < -0.39 is 55.6 Å². The number of carbonyl (C=O) groups excluding carboxylic acids is 1. The van der Waals surface area contributed by atoms with Crippen LogP contribution in [0.15, 0.2) is 11.6 Å². The Bertz CT molecular complexity index is 673. The maximum atomic E-state index is 11.9. The van der Waals surface area contributed by atoms with Gasteiger partial charge < -0.3 is 45.4 Å². The molecule has 9 unspecified atom stereocenters. The van der Waals surface area contributed by atoms with Crippen molar-refractivity contribution in [2.75, 3.05) is 13.2 Å². The molecule has 0 amide bonds. The van der Waals surface area contributed by atoms with Gasteiger partial charge in [-0.1, -0.05) is 31.8 Å². The molecule has 1 aliphatic carbocycles. The van der Waals surface area contributed by atoms with Crippen LogP contribution in [0.4, 0.5) is 0 Å². The number of aliphatic hydroxyl groups excluding tert-OH is 6. The molecule has 0 radical (unpaired) electrons. The first-order valence-corrected chi connectivity index (χ1v) is 12.6. The third-order valence-corrected chi connectivity index (χ3v) is 7.23. The van der Waals surface area contributed by atoms with Gasteiger partial charge in [0.1, 0.15) is 30.5 Å². The van der Waals surface area contributed by atoms with Crippen LogP contribution < -0.4 is 5.32 Å². The van der Waals surface area contributed by atoms with Gasteiger partial charge in [0, 0.05) is 12.5 Å². The van der Waals surface area contributed by atoms with Crippen LogP contribution in [0.2, 0.25) is 0 Å². The van der Waals surface area contributed by atoms with Crippen molar-refractivity contribution in [1.29, 1.82) is 0 Å². The lowest BCUT2D eigenvalue weighted by atomic mass is 9.93. The van der Waals surface area contributed by atoms with Crippen LogP contribution in [0.1, 0.15) is 64.2 Å². The van der Waals surface area contributed by atoms with Crippen LogP contribution in [0.3, 0.4) is 0 Å². The fourth-order valence-corrected chi connectivity index (χ4v) is 5.12. The zero-order valence-electron chi connectivity index (χ0n) is 19.7. The Labute approximate surface area is 200 Å². The van der Waals surface area contributed by atoms with Crippen molar-refractivity contribution >= 4 is 5.78 Å². The van der Waals surface area contributed by atoms with E-state index >= 15 is 0 Å². The summed E-state index contributed by atoms with van der Waals surface area (Å²) in [6.07, 6.45) is 2.23. The molecule has 0 bridgehead atoms. The number of aliphatic hydroxyl groups is 6. The summed E-state index contributed by atoms with van der Waals surface area (Å²) in [7, 11) is 0. The van der Waals surface area contributed by atoms with Crippen molar-refractivity contribution < 1.29 is 44.9 Å². The minimum atomic E-state index is -1.56. The van der Waals surface area contributed by atoms with E-state index in [4.69, 9.17) is 9.47 Å². The first-order valence-electron chi connectivity index (χ1n) is 12.6. The molecule has 7 N–H and O–H groups in total. The predicted octanol–water partition coefficient (Wildman–Crippen LogP) is -0.725. The summed E-state index contributed by atoms with van der Waals surface area (Å²) in [5, 5.41) is 63.0. The van der Waals surface area contributed by atoms with Crippen molar-refractivity contribution in [1.82, 2.24) is 5.32 Å². The van der Waals surface area contributed by atoms with Crippen molar-refractivity contribution in [3.63, 3.8) is 0 Å². The van der Waals surface area contributed by atoms with Crippen LogP contribution in [-0.2, 0) is 14.3 Å². The molecule has 0 aromatic carbocycles. The molecule has 3 rings (SSSR count). The number of hydrogen-bond acceptors (Lipinski definition) is 10. The molecule has 10 nitrogen and oxygen atoms in total. The molecule has 2 aliphatic heterocycles. The summed E-state index contributed by atoms with van der Waals surface area (Å²) in [5.74, 6) is 0.293. The van der Waals surface area contributed by atoms with E-state index in [1.54, 1.807) is 0 Å². The monoisotopic (exact) mass is 487 g/mol. The second kappa shape index (κ2) is 13.4. The molecule has 196 valence electrons. The Balaban J connectivity index is 1.44. The van der Waals surface area contributed by atoms with Crippen LogP contribution in [0.25, 0.3) is 0 Å². The molecule has 3 aliphatic rings. The summed E-state index contributed by atoms with van der Waals surface area (Å²) in [6.45, 7) is -0.856. The van der Waals surface area contributed by atoms with Crippen molar-refractivity contribution in [2.45, 2.75) is 119 Å². The molecule has 2 saturated heterocycles. The predicted molar refractivity (Wildman–Crippen MR) is 122 cm³/mol. The Kier molecular flexibility index (Phi) is 10.9. The van der Waals surface area contributed by atoms with Gasteiger partial charge in [-0.25, -0.2) is 0 Å². The minimum Gasteiger partial charge on any atom is -0.395 e. The van der Waals surface area contributed by atoms with Gasteiger partial charge in [-0.2, -0.15) is 0 Å². The second-order valence-electron chi connectivity index (χ2n) is 9.70. The number of allylic oxidation sites excluding steroid dienone is 2. The fraction of sp³-hybridized carbons (Fsp3) is 0.875. The van der Waals surface area contributed by atoms with E-state index in [0.29, 0.717) is 18.6 Å². The van der Waals surface area contributed by atoms with Crippen LogP contribution in [0.5, 0.6) is 0 Å². The van der Waals surface area contributed by atoms with Crippen molar-refractivity contribution in [3.8, 4) is 0 Å². The number of carbonyl (C=O) groups is 1. The summed E-state index contributed by atoms with van der Waals surface area (Å²) in [6, 6.07) is -0.897. The highest BCUT2D eigenvalue weighted by Gasteiger charge is 2.49. The average Bonchev–Trinajstić information content (AvgIpc) is 3.14. The second-order valence-corrected chi connectivity index (χ2v) is 9.70. The number of Topliss-reactive ketones (excluding diaryl/α,β-unsaturated/α-hetero) is 1. The zero-order valence-corrected chi connectivity index (χ0v) is 19.7. The Morgan fingerprint density at radius 1 is 0.912 bits per heavy atom. The molecule has 2 fully saturated rings. The Hall–Kier alpha value is -0.950. The molecule has 2 heterocycles. The highest BCUT2D eigenvalue weighted by Crippen LogP contribution is 2.29. The summed E-state index contributed by atoms with van der Waals surface area (Å²) in [4.78, 5) is 11.9. The van der Waals surface area contributed by atoms with Gasteiger partial charge in [0.2, 0.25) is 0 Å². The normalized spacial score (nSPS) is 38.8. The standard InChI is InChI=1S/C24H41NO9/c26-12-16-19(29)23(34-24-22(32)21(31)20(30)18(13-27)33-24)15(25-16)10-5-3-1-2-4-8-14-9-6-7-11-17(14)28/h9,15-16,18-27,29-32H,1-8,10-13H2. The molecular formula is C24H41NO9. The van der Waals surface area contributed by atoms with E-state index in [1.165, 1.54) is 0 Å². The van der Waals surface area contributed by atoms with Gasteiger partial charge in [-0.05, 0) is 37.7 Å². The SMILES string of the molecule is O=C1CCCC=C1CCCCCCCC1NC(CO)C(O)C1OC1OC(CO)C(O)C(O)C1O. The van der Waals surface area contributed by atoms with E-state index in [0.717, 1.165) is 56.9 Å². The van der Waals surface area contributed by atoms with Crippen molar-refractivity contribution in [2.24, 2.45) is 0 Å². The van der Waals surface area contributed by atoms with Crippen LogP contribution in [0, 0.1) is 0 Å². The van der Waals surface area contributed by atoms with E-state index in [2.05, 4.69) is 11.4 Å². The lowest BCUT2D eigenvalue weighted by molar-refractivity contribution is -0.316. The first kappa shape index (κ1) is 27.6. The molecule has 0 saturated carbocycles. The van der Waals surface area contributed by atoms with E-state index in [9.17, 15) is 35.4 Å². The molecule has 0 spiro atoms. The number of nitrogens with one attached hydrogen (secondary N) is 1. The van der Waals surface area contributed by atoms with E-state index in [-0.39, 0.29) is 12.6 Å². The number of hydrogen-bond donors (Lipinski definition) is 7. The molecule has 0 aromatic heterocycles. The summed E-state index contributed by atoms with van der Waals surface area (Å²) >= 11 is 0. The lowest BCUT2D eigenvalue weighted by Gasteiger charge is -2.41. The third-order valence-electron chi connectivity index (χ3n) is 7.23. The Morgan fingerprint density at radius 2 is 1.65 bits per heavy atom. The maximum absolute atomic E-state index is 11.9. The van der Waals surface area contributed by atoms with Gasteiger partial charge in [-0.15, -0.1) is 0 Å². The fourth-order valence-electron chi connectivity index (χ4n) is 5.12. The highest BCUT2D eigenvalue weighted by atomic mass is 16.7. The highest BCUT2D eigenvalue weighted by molar-refractivity contribution is 5.95.